The molecule has 1 atom stereocenters. The zero-order chi connectivity index (χ0) is 20.9. The lowest BCUT2D eigenvalue weighted by atomic mass is 10.2. The second kappa shape index (κ2) is 8.88. The molecule has 0 bridgehead atoms. The minimum absolute atomic E-state index is 0.0213. The number of sulfonamides is 1. The molecule has 0 aliphatic heterocycles. The number of ether oxygens (including phenoxy) is 1. The SMILES string of the molecule is CCOC(=O)C(C)NC(=O)c1cccc(S(=O)(=O)N(C)c2ccc(C)cc2)c1. The van der Waals surface area contributed by atoms with Crippen LogP contribution in [0.2, 0.25) is 0 Å². The van der Waals surface area contributed by atoms with Crippen molar-refractivity contribution < 1.29 is 22.7 Å². The van der Waals surface area contributed by atoms with Crippen LogP contribution in [0.3, 0.4) is 0 Å². The van der Waals surface area contributed by atoms with Gasteiger partial charge in [0.25, 0.3) is 15.9 Å². The van der Waals surface area contributed by atoms with E-state index < -0.39 is 27.9 Å². The van der Waals surface area contributed by atoms with Crippen LogP contribution in [0, 0.1) is 6.92 Å². The minimum atomic E-state index is -3.85. The first kappa shape index (κ1) is 21.4. The zero-order valence-electron chi connectivity index (χ0n) is 16.3. The summed E-state index contributed by atoms with van der Waals surface area (Å²) in [5.74, 6) is -1.12. The molecule has 0 aliphatic rings. The summed E-state index contributed by atoms with van der Waals surface area (Å²) < 4.78 is 31.9. The van der Waals surface area contributed by atoms with Crippen molar-refractivity contribution in [1.29, 1.82) is 0 Å². The molecule has 2 aromatic rings. The van der Waals surface area contributed by atoms with Crippen molar-refractivity contribution in [2.45, 2.75) is 31.7 Å². The molecule has 150 valence electrons. The fraction of sp³-hybridized carbons (Fsp3) is 0.300. The Morgan fingerprint density at radius 1 is 1.14 bits per heavy atom. The third kappa shape index (κ3) is 4.89. The molecule has 0 saturated heterocycles. The lowest BCUT2D eigenvalue weighted by molar-refractivity contribution is -0.144. The second-order valence-electron chi connectivity index (χ2n) is 6.28. The van der Waals surface area contributed by atoms with Crippen LogP contribution in [0.5, 0.6) is 0 Å². The zero-order valence-corrected chi connectivity index (χ0v) is 17.1. The maximum Gasteiger partial charge on any atom is 0.328 e. The van der Waals surface area contributed by atoms with Crippen molar-refractivity contribution in [3.63, 3.8) is 0 Å². The number of hydrogen-bond donors (Lipinski definition) is 1. The molecule has 1 amide bonds. The van der Waals surface area contributed by atoms with Crippen LogP contribution in [0.4, 0.5) is 5.69 Å². The topological polar surface area (TPSA) is 92.8 Å². The summed E-state index contributed by atoms with van der Waals surface area (Å²) in [7, 11) is -2.40. The Morgan fingerprint density at radius 3 is 2.39 bits per heavy atom. The van der Waals surface area contributed by atoms with Gasteiger partial charge in [0.15, 0.2) is 0 Å². The Morgan fingerprint density at radius 2 is 1.79 bits per heavy atom. The molecule has 8 heteroatoms. The molecule has 7 nitrogen and oxygen atoms in total. The molecular weight excluding hydrogens is 380 g/mol. The quantitative estimate of drug-likeness (QED) is 0.716. The maximum atomic E-state index is 12.9. The summed E-state index contributed by atoms with van der Waals surface area (Å²) in [6.45, 7) is 5.29. The van der Waals surface area contributed by atoms with E-state index in [0.717, 1.165) is 9.87 Å². The average molecular weight is 404 g/mol. The van der Waals surface area contributed by atoms with Crippen LogP contribution in [-0.2, 0) is 19.6 Å². The lowest BCUT2D eigenvalue weighted by Gasteiger charge is -2.20. The number of rotatable bonds is 7. The molecule has 0 fully saturated rings. The van der Waals surface area contributed by atoms with Crippen molar-refractivity contribution in [2.24, 2.45) is 0 Å². The number of carbonyl (C=O) groups is 2. The van der Waals surface area contributed by atoms with E-state index in [1.54, 1.807) is 19.1 Å². The summed E-state index contributed by atoms with van der Waals surface area (Å²) in [4.78, 5) is 24.0. The first-order valence-electron chi connectivity index (χ1n) is 8.80. The van der Waals surface area contributed by atoms with Gasteiger partial charge in [-0.15, -0.1) is 0 Å². The maximum absolute atomic E-state index is 12.9. The van der Waals surface area contributed by atoms with Gasteiger partial charge in [-0.25, -0.2) is 13.2 Å². The van der Waals surface area contributed by atoms with Gasteiger partial charge in [0.05, 0.1) is 17.2 Å². The number of nitrogens with zero attached hydrogens (tertiary/aromatic N) is 1. The number of nitrogens with one attached hydrogen (secondary N) is 1. The molecule has 0 aromatic heterocycles. The van der Waals surface area contributed by atoms with Crippen LogP contribution in [0.25, 0.3) is 0 Å². The van der Waals surface area contributed by atoms with Gasteiger partial charge in [-0.3, -0.25) is 9.10 Å². The van der Waals surface area contributed by atoms with Crippen LogP contribution >= 0.6 is 0 Å². The molecule has 0 aliphatic carbocycles. The van der Waals surface area contributed by atoms with Crippen molar-refractivity contribution in [3.05, 3.63) is 59.7 Å². The molecule has 1 unspecified atom stereocenters. The van der Waals surface area contributed by atoms with Gasteiger partial charge in [-0.1, -0.05) is 23.8 Å². The van der Waals surface area contributed by atoms with E-state index in [0.29, 0.717) is 5.69 Å². The smallest absolute Gasteiger partial charge is 0.328 e. The predicted octanol–water partition coefficient (Wildman–Crippen LogP) is 2.50. The molecule has 2 aromatic carbocycles. The number of hydrogen-bond acceptors (Lipinski definition) is 5. The van der Waals surface area contributed by atoms with Gasteiger partial charge < -0.3 is 10.1 Å². The Labute approximate surface area is 165 Å². The van der Waals surface area contributed by atoms with Crippen molar-refractivity contribution >= 4 is 27.6 Å². The summed E-state index contributed by atoms with van der Waals surface area (Å²) in [6.07, 6.45) is 0. The molecule has 0 saturated carbocycles. The van der Waals surface area contributed by atoms with Gasteiger partial charge in [0.2, 0.25) is 0 Å². The molecular formula is C20H24N2O5S. The normalized spacial score (nSPS) is 12.1. The van der Waals surface area contributed by atoms with E-state index in [-0.39, 0.29) is 17.1 Å². The number of esters is 1. The van der Waals surface area contributed by atoms with Crippen LogP contribution in [0.1, 0.15) is 29.8 Å². The van der Waals surface area contributed by atoms with Crippen LogP contribution in [-0.4, -0.2) is 40.0 Å². The third-order valence-electron chi connectivity index (χ3n) is 4.14. The first-order chi connectivity index (χ1) is 13.2. The van der Waals surface area contributed by atoms with E-state index in [9.17, 15) is 18.0 Å². The van der Waals surface area contributed by atoms with Crippen molar-refractivity contribution in [1.82, 2.24) is 5.32 Å². The van der Waals surface area contributed by atoms with Gasteiger partial charge in [-0.2, -0.15) is 0 Å². The summed E-state index contributed by atoms with van der Waals surface area (Å²) in [5, 5.41) is 2.50. The minimum Gasteiger partial charge on any atom is -0.464 e. The fourth-order valence-electron chi connectivity index (χ4n) is 2.46. The Bertz CT molecular complexity index is 955. The second-order valence-corrected chi connectivity index (χ2v) is 8.25. The highest BCUT2D eigenvalue weighted by atomic mass is 32.2. The Hall–Kier alpha value is -2.87. The van der Waals surface area contributed by atoms with Gasteiger partial charge in [0, 0.05) is 12.6 Å². The van der Waals surface area contributed by atoms with E-state index in [2.05, 4.69) is 5.32 Å². The highest BCUT2D eigenvalue weighted by Gasteiger charge is 2.23. The van der Waals surface area contributed by atoms with E-state index in [4.69, 9.17) is 4.74 Å². The Balaban J connectivity index is 2.24. The van der Waals surface area contributed by atoms with E-state index >= 15 is 0 Å². The van der Waals surface area contributed by atoms with Gasteiger partial charge >= 0.3 is 5.97 Å². The van der Waals surface area contributed by atoms with Crippen LogP contribution in [0.15, 0.2) is 53.4 Å². The van der Waals surface area contributed by atoms with Crippen molar-refractivity contribution in [3.8, 4) is 0 Å². The Kier molecular flexibility index (Phi) is 6.80. The van der Waals surface area contributed by atoms with Gasteiger partial charge in [-0.05, 0) is 51.1 Å². The molecule has 28 heavy (non-hydrogen) atoms. The van der Waals surface area contributed by atoms with Crippen LogP contribution < -0.4 is 9.62 Å². The summed E-state index contributed by atoms with van der Waals surface area (Å²) in [5.41, 5.74) is 1.66. The largest absolute Gasteiger partial charge is 0.464 e. The predicted molar refractivity (Wildman–Crippen MR) is 107 cm³/mol. The molecule has 0 heterocycles. The molecule has 2 rings (SSSR count). The third-order valence-corrected chi connectivity index (χ3v) is 5.92. The molecule has 1 N–H and O–H groups in total. The number of amides is 1. The molecule has 0 spiro atoms. The van der Waals surface area contributed by atoms with Crippen molar-refractivity contribution in [2.75, 3.05) is 18.0 Å². The van der Waals surface area contributed by atoms with E-state index in [1.807, 2.05) is 19.1 Å². The highest BCUT2D eigenvalue weighted by molar-refractivity contribution is 7.92. The lowest BCUT2D eigenvalue weighted by Crippen LogP contribution is -2.39. The fourth-order valence-corrected chi connectivity index (χ4v) is 3.70. The number of aryl methyl sites for hydroxylation is 1. The molecule has 0 radical (unpaired) electrons. The first-order valence-corrected chi connectivity index (χ1v) is 10.2. The van der Waals surface area contributed by atoms with E-state index in [1.165, 1.54) is 38.2 Å². The monoisotopic (exact) mass is 404 g/mol. The number of anilines is 1. The summed E-state index contributed by atoms with van der Waals surface area (Å²) >= 11 is 0. The van der Waals surface area contributed by atoms with Gasteiger partial charge in [0.1, 0.15) is 6.04 Å². The average Bonchev–Trinajstić information content (AvgIpc) is 2.68. The summed E-state index contributed by atoms with van der Waals surface area (Å²) in [6, 6.07) is 11.9. The highest BCUT2D eigenvalue weighted by Crippen LogP contribution is 2.23. The number of benzene rings is 2. The number of carbonyl (C=O) groups excluding carboxylic acids is 2. The standard InChI is InChI=1S/C20H24N2O5S/c1-5-27-20(24)15(3)21-19(23)16-7-6-8-18(13-16)28(25,26)22(4)17-11-9-14(2)10-12-17/h6-13,15H,5H2,1-4H3,(H,21,23).